The second-order valence-corrected chi connectivity index (χ2v) is 6.06. The van der Waals surface area contributed by atoms with Gasteiger partial charge in [0.25, 0.3) is 10.0 Å². The molecule has 0 spiro atoms. The highest BCUT2D eigenvalue weighted by Gasteiger charge is 2.18. The molecule has 3 rings (SSSR count). The van der Waals surface area contributed by atoms with E-state index in [0.29, 0.717) is 12.2 Å². The van der Waals surface area contributed by atoms with Gasteiger partial charge in [-0.15, -0.1) is 0 Å². The summed E-state index contributed by atoms with van der Waals surface area (Å²) >= 11 is 0. The molecule has 0 aliphatic carbocycles. The van der Waals surface area contributed by atoms with Crippen molar-refractivity contribution in [2.75, 3.05) is 4.72 Å². The van der Waals surface area contributed by atoms with Gasteiger partial charge >= 0.3 is 0 Å². The molecule has 2 N–H and O–H groups in total. The molecule has 98 valence electrons. The Kier molecular flexibility index (Phi) is 2.96. The third kappa shape index (κ3) is 2.45. The number of nitrogens with one attached hydrogen (secondary N) is 2. The number of rotatable bonds is 3. The Morgan fingerprint density at radius 3 is 2.58 bits per heavy atom. The van der Waals surface area contributed by atoms with E-state index in [1.54, 1.807) is 36.7 Å². The topological polar surface area (TPSA) is 71.1 Å². The molecule has 1 aliphatic heterocycles. The van der Waals surface area contributed by atoms with Crippen molar-refractivity contribution < 1.29 is 8.42 Å². The summed E-state index contributed by atoms with van der Waals surface area (Å²) in [6.07, 6.45) is 3.09. The molecule has 0 saturated heterocycles. The first-order chi connectivity index (χ1) is 9.15. The van der Waals surface area contributed by atoms with Crippen LogP contribution in [0.3, 0.4) is 0 Å². The Balaban J connectivity index is 1.92. The van der Waals surface area contributed by atoms with Crippen molar-refractivity contribution in [3.05, 3.63) is 53.9 Å². The molecule has 0 atom stereocenters. The van der Waals surface area contributed by atoms with E-state index in [4.69, 9.17) is 0 Å². The fourth-order valence-corrected chi connectivity index (χ4v) is 3.18. The maximum Gasteiger partial charge on any atom is 0.261 e. The molecule has 1 aromatic carbocycles. The smallest absolute Gasteiger partial charge is 0.261 e. The van der Waals surface area contributed by atoms with Gasteiger partial charge in [0.2, 0.25) is 0 Å². The van der Waals surface area contributed by atoms with Gasteiger partial charge in [-0.25, -0.2) is 8.42 Å². The summed E-state index contributed by atoms with van der Waals surface area (Å²) in [5.74, 6) is 0. The molecular weight excluding hydrogens is 262 g/mol. The van der Waals surface area contributed by atoms with Gasteiger partial charge in [0.05, 0.1) is 10.6 Å². The largest absolute Gasteiger partial charge is 0.309 e. The van der Waals surface area contributed by atoms with E-state index >= 15 is 0 Å². The van der Waals surface area contributed by atoms with Gasteiger partial charge in [-0.05, 0) is 35.4 Å². The lowest BCUT2D eigenvalue weighted by molar-refractivity contribution is 0.601. The summed E-state index contributed by atoms with van der Waals surface area (Å²) in [5, 5.41) is 3.19. The van der Waals surface area contributed by atoms with Crippen LogP contribution in [-0.4, -0.2) is 13.4 Å². The Morgan fingerprint density at radius 1 is 1.05 bits per heavy atom. The van der Waals surface area contributed by atoms with Crippen LogP contribution >= 0.6 is 0 Å². The zero-order valence-corrected chi connectivity index (χ0v) is 10.9. The lowest BCUT2D eigenvalue weighted by Gasteiger charge is -2.09. The summed E-state index contributed by atoms with van der Waals surface area (Å²) < 4.78 is 27.0. The predicted octanol–water partition coefficient (Wildman–Crippen LogP) is 1.49. The van der Waals surface area contributed by atoms with Crippen LogP contribution in [0.15, 0.2) is 47.6 Å². The molecule has 1 aromatic heterocycles. The number of pyridine rings is 1. The Morgan fingerprint density at radius 2 is 1.79 bits per heavy atom. The minimum absolute atomic E-state index is 0.284. The van der Waals surface area contributed by atoms with Crippen molar-refractivity contribution in [1.82, 2.24) is 10.3 Å². The molecule has 1 aliphatic rings. The normalized spacial score (nSPS) is 14.1. The molecule has 2 heterocycles. The minimum atomic E-state index is -3.54. The van der Waals surface area contributed by atoms with E-state index in [-0.39, 0.29) is 4.90 Å². The van der Waals surface area contributed by atoms with Crippen LogP contribution < -0.4 is 10.0 Å². The number of benzene rings is 1. The van der Waals surface area contributed by atoms with Crippen LogP contribution in [0.5, 0.6) is 0 Å². The standard InChI is InChI=1S/C13H13N3O2S/c17-19(18,16-12-3-5-14-6-4-12)13-2-1-10-8-15-9-11(10)7-13/h1-7,15H,8-9H2,(H,14,16). The maximum absolute atomic E-state index is 12.2. The molecule has 0 saturated carbocycles. The minimum Gasteiger partial charge on any atom is -0.309 e. The Labute approximate surface area is 111 Å². The molecule has 6 heteroatoms. The van der Waals surface area contributed by atoms with E-state index in [9.17, 15) is 8.42 Å². The predicted molar refractivity (Wildman–Crippen MR) is 72.0 cm³/mol. The fourth-order valence-electron chi connectivity index (χ4n) is 2.07. The van der Waals surface area contributed by atoms with Crippen molar-refractivity contribution >= 4 is 15.7 Å². The molecule has 5 nitrogen and oxygen atoms in total. The maximum atomic E-state index is 12.2. The summed E-state index contributed by atoms with van der Waals surface area (Å²) in [5.41, 5.74) is 2.70. The average Bonchev–Trinajstić information content (AvgIpc) is 2.86. The second kappa shape index (κ2) is 4.64. The second-order valence-electron chi connectivity index (χ2n) is 4.38. The fraction of sp³-hybridized carbons (Fsp3) is 0.154. The highest BCUT2D eigenvalue weighted by molar-refractivity contribution is 7.92. The molecule has 0 amide bonds. The molecule has 2 aromatic rings. The number of anilines is 1. The van der Waals surface area contributed by atoms with Gasteiger partial charge in [-0.2, -0.15) is 0 Å². The zero-order chi connectivity index (χ0) is 13.3. The Bertz CT molecular complexity index is 699. The van der Waals surface area contributed by atoms with Gasteiger partial charge in [-0.1, -0.05) is 6.07 Å². The molecular formula is C13H13N3O2S. The van der Waals surface area contributed by atoms with Crippen LogP contribution in [0.25, 0.3) is 0 Å². The van der Waals surface area contributed by atoms with Crippen LogP contribution in [0.4, 0.5) is 5.69 Å². The van der Waals surface area contributed by atoms with E-state index in [1.807, 2.05) is 6.07 Å². The number of hydrogen-bond acceptors (Lipinski definition) is 4. The lowest BCUT2D eigenvalue weighted by atomic mass is 10.1. The van der Waals surface area contributed by atoms with E-state index < -0.39 is 10.0 Å². The molecule has 0 fully saturated rings. The highest BCUT2D eigenvalue weighted by Crippen LogP contribution is 2.21. The summed E-state index contributed by atoms with van der Waals surface area (Å²) in [6.45, 7) is 1.52. The third-order valence-electron chi connectivity index (χ3n) is 3.05. The number of nitrogens with zero attached hydrogens (tertiary/aromatic N) is 1. The van der Waals surface area contributed by atoms with Crippen molar-refractivity contribution in [3.63, 3.8) is 0 Å². The van der Waals surface area contributed by atoms with Gasteiger partial charge in [0.1, 0.15) is 0 Å². The molecule has 0 unspecified atom stereocenters. The molecule has 0 radical (unpaired) electrons. The van der Waals surface area contributed by atoms with Gasteiger partial charge in [0.15, 0.2) is 0 Å². The number of sulfonamides is 1. The quantitative estimate of drug-likeness (QED) is 0.890. The SMILES string of the molecule is O=S(=O)(Nc1ccncc1)c1ccc2c(c1)CNC2. The molecule has 0 bridgehead atoms. The first-order valence-electron chi connectivity index (χ1n) is 5.90. The van der Waals surface area contributed by atoms with Crippen LogP contribution in [0, 0.1) is 0 Å². The number of hydrogen-bond donors (Lipinski definition) is 2. The highest BCUT2D eigenvalue weighted by atomic mass is 32.2. The average molecular weight is 275 g/mol. The Hall–Kier alpha value is -1.92. The zero-order valence-electron chi connectivity index (χ0n) is 10.1. The van der Waals surface area contributed by atoms with Crippen LogP contribution in [-0.2, 0) is 23.1 Å². The first kappa shape index (κ1) is 12.1. The van der Waals surface area contributed by atoms with Gasteiger partial charge < -0.3 is 5.32 Å². The van der Waals surface area contributed by atoms with E-state index in [1.165, 1.54) is 0 Å². The van der Waals surface area contributed by atoms with Crippen molar-refractivity contribution in [3.8, 4) is 0 Å². The van der Waals surface area contributed by atoms with Crippen molar-refractivity contribution in [1.29, 1.82) is 0 Å². The number of aromatic nitrogens is 1. The number of fused-ring (bicyclic) bond motifs is 1. The lowest BCUT2D eigenvalue weighted by Crippen LogP contribution is -2.13. The summed E-state index contributed by atoms with van der Waals surface area (Å²) in [4.78, 5) is 4.14. The van der Waals surface area contributed by atoms with Gasteiger partial charge in [0, 0.05) is 25.5 Å². The third-order valence-corrected chi connectivity index (χ3v) is 4.43. The van der Waals surface area contributed by atoms with Crippen molar-refractivity contribution in [2.24, 2.45) is 0 Å². The monoisotopic (exact) mass is 275 g/mol. The first-order valence-corrected chi connectivity index (χ1v) is 7.39. The van der Waals surface area contributed by atoms with Crippen molar-refractivity contribution in [2.45, 2.75) is 18.0 Å². The van der Waals surface area contributed by atoms with Crippen LogP contribution in [0.2, 0.25) is 0 Å². The van der Waals surface area contributed by atoms with Crippen LogP contribution in [0.1, 0.15) is 11.1 Å². The van der Waals surface area contributed by atoms with E-state index in [0.717, 1.165) is 17.7 Å². The summed E-state index contributed by atoms with van der Waals surface area (Å²) in [6, 6.07) is 8.45. The summed E-state index contributed by atoms with van der Waals surface area (Å²) in [7, 11) is -3.54. The van der Waals surface area contributed by atoms with Gasteiger partial charge in [-0.3, -0.25) is 9.71 Å². The molecule has 19 heavy (non-hydrogen) atoms. The van der Waals surface area contributed by atoms with E-state index in [2.05, 4.69) is 15.0 Å².